The fourth-order valence-electron chi connectivity index (χ4n) is 3.55. The number of hydrogen-bond acceptors (Lipinski definition) is 4. The van der Waals surface area contributed by atoms with Gasteiger partial charge < -0.3 is 9.32 Å². The molecule has 1 amide bonds. The monoisotopic (exact) mass is 374 g/mol. The van der Waals surface area contributed by atoms with Crippen LogP contribution in [0.4, 0.5) is 5.69 Å². The van der Waals surface area contributed by atoms with Crippen LogP contribution in [0.25, 0.3) is 22.5 Å². The van der Waals surface area contributed by atoms with Crippen LogP contribution in [0.2, 0.25) is 0 Å². The zero-order chi connectivity index (χ0) is 20.0. The maximum atomic E-state index is 13.5. The standard InChI is InChI=1S/C22H22N4O2/c1-13-8-6-9-18(14(13)2)25(4)22(27)16-12-17(19-10-7-11-28-19)23-21-20(16)15(3)24-26(21)5/h6-12H,1-5H3. The summed E-state index contributed by atoms with van der Waals surface area (Å²) in [4.78, 5) is 19.9. The zero-order valence-corrected chi connectivity index (χ0v) is 16.6. The molecule has 0 N–H and O–H groups in total. The Morgan fingerprint density at radius 2 is 1.93 bits per heavy atom. The van der Waals surface area contributed by atoms with E-state index in [4.69, 9.17) is 4.42 Å². The first-order chi connectivity index (χ1) is 13.4. The number of amides is 1. The number of rotatable bonds is 3. The number of benzene rings is 1. The highest BCUT2D eigenvalue weighted by atomic mass is 16.3. The molecule has 0 aliphatic carbocycles. The van der Waals surface area contributed by atoms with Crippen molar-refractivity contribution in [2.75, 3.05) is 11.9 Å². The van der Waals surface area contributed by atoms with E-state index in [1.807, 2.05) is 52.1 Å². The lowest BCUT2D eigenvalue weighted by molar-refractivity contribution is 0.0994. The van der Waals surface area contributed by atoms with E-state index in [0.717, 1.165) is 27.9 Å². The van der Waals surface area contributed by atoms with Crippen molar-refractivity contribution >= 4 is 22.6 Å². The molecule has 142 valence electrons. The molecule has 1 aromatic carbocycles. The van der Waals surface area contributed by atoms with Crippen LogP contribution in [0.1, 0.15) is 27.2 Å². The first-order valence-electron chi connectivity index (χ1n) is 9.11. The minimum Gasteiger partial charge on any atom is -0.463 e. The van der Waals surface area contributed by atoms with Crippen LogP contribution in [0.15, 0.2) is 47.1 Å². The Morgan fingerprint density at radius 3 is 2.64 bits per heavy atom. The summed E-state index contributed by atoms with van der Waals surface area (Å²) in [5.41, 5.74) is 5.71. The average Bonchev–Trinajstić information content (AvgIpc) is 3.31. The first-order valence-corrected chi connectivity index (χ1v) is 9.11. The molecule has 0 aliphatic heterocycles. The Bertz CT molecular complexity index is 1190. The molecule has 3 heterocycles. The van der Waals surface area contributed by atoms with Crippen LogP contribution in [0.3, 0.4) is 0 Å². The largest absolute Gasteiger partial charge is 0.463 e. The van der Waals surface area contributed by atoms with Crippen molar-refractivity contribution in [2.24, 2.45) is 7.05 Å². The molecule has 0 saturated heterocycles. The summed E-state index contributed by atoms with van der Waals surface area (Å²) in [6.07, 6.45) is 1.60. The van der Waals surface area contributed by atoms with E-state index in [9.17, 15) is 4.79 Å². The van der Waals surface area contributed by atoms with Gasteiger partial charge in [0.15, 0.2) is 11.4 Å². The Hall–Kier alpha value is -3.41. The van der Waals surface area contributed by atoms with Crippen LogP contribution < -0.4 is 4.90 Å². The molecule has 6 nitrogen and oxygen atoms in total. The van der Waals surface area contributed by atoms with E-state index < -0.39 is 0 Å². The van der Waals surface area contributed by atoms with Gasteiger partial charge in [0.1, 0.15) is 5.69 Å². The quantitative estimate of drug-likeness (QED) is 0.532. The molecule has 0 atom stereocenters. The van der Waals surface area contributed by atoms with E-state index in [0.29, 0.717) is 22.7 Å². The van der Waals surface area contributed by atoms with Gasteiger partial charge in [-0.05, 0) is 56.2 Å². The van der Waals surface area contributed by atoms with Crippen molar-refractivity contribution in [1.29, 1.82) is 0 Å². The number of furan rings is 1. The van der Waals surface area contributed by atoms with Gasteiger partial charge in [0, 0.05) is 19.8 Å². The van der Waals surface area contributed by atoms with E-state index in [1.165, 1.54) is 0 Å². The third kappa shape index (κ3) is 2.78. The van der Waals surface area contributed by atoms with Gasteiger partial charge in [0.25, 0.3) is 5.91 Å². The van der Waals surface area contributed by atoms with E-state index in [1.54, 1.807) is 35.0 Å². The minimum absolute atomic E-state index is 0.106. The number of hydrogen-bond donors (Lipinski definition) is 0. The highest BCUT2D eigenvalue weighted by Gasteiger charge is 2.23. The number of nitrogens with zero attached hydrogens (tertiary/aromatic N) is 4. The molecular weight excluding hydrogens is 352 g/mol. The van der Waals surface area contributed by atoms with E-state index in [2.05, 4.69) is 10.1 Å². The fraction of sp³-hybridized carbons (Fsp3) is 0.227. The van der Waals surface area contributed by atoms with Gasteiger partial charge in [-0.25, -0.2) is 4.98 Å². The zero-order valence-electron chi connectivity index (χ0n) is 16.6. The number of aromatic nitrogens is 3. The molecule has 4 rings (SSSR count). The first kappa shape index (κ1) is 18.0. The summed E-state index contributed by atoms with van der Waals surface area (Å²) in [7, 11) is 3.63. The van der Waals surface area contributed by atoms with Gasteiger partial charge >= 0.3 is 0 Å². The summed E-state index contributed by atoms with van der Waals surface area (Å²) in [5, 5.41) is 5.24. The van der Waals surface area contributed by atoms with Crippen LogP contribution in [0, 0.1) is 20.8 Å². The van der Waals surface area contributed by atoms with Gasteiger partial charge in [-0.1, -0.05) is 12.1 Å². The summed E-state index contributed by atoms with van der Waals surface area (Å²) < 4.78 is 7.21. The van der Waals surface area contributed by atoms with E-state index in [-0.39, 0.29) is 5.91 Å². The molecule has 0 radical (unpaired) electrons. The molecule has 0 aliphatic rings. The Morgan fingerprint density at radius 1 is 1.14 bits per heavy atom. The summed E-state index contributed by atoms with van der Waals surface area (Å²) in [5.74, 6) is 0.509. The maximum Gasteiger partial charge on any atom is 0.258 e. The fourth-order valence-corrected chi connectivity index (χ4v) is 3.55. The summed E-state index contributed by atoms with van der Waals surface area (Å²) in [6, 6.07) is 11.4. The number of fused-ring (bicyclic) bond motifs is 1. The van der Waals surface area contributed by atoms with Crippen molar-refractivity contribution in [1.82, 2.24) is 14.8 Å². The minimum atomic E-state index is -0.106. The summed E-state index contributed by atoms with van der Waals surface area (Å²) in [6.45, 7) is 5.97. The number of anilines is 1. The molecule has 0 unspecified atom stereocenters. The van der Waals surface area contributed by atoms with Crippen LogP contribution >= 0.6 is 0 Å². The maximum absolute atomic E-state index is 13.5. The Labute approximate surface area is 163 Å². The van der Waals surface area contributed by atoms with Crippen molar-refractivity contribution in [3.63, 3.8) is 0 Å². The normalized spacial score (nSPS) is 11.2. The Kier molecular flexibility index (Phi) is 4.26. The van der Waals surface area contributed by atoms with Gasteiger partial charge in [0.05, 0.1) is 22.9 Å². The second kappa shape index (κ2) is 6.64. The van der Waals surface area contributed by atoms with Gasteiger partial charge in [0.2, 0.25) is 0 Å². The molecule has 28 heavy (non-hydrogen) atoms. The predicted molar refractivity (Wildman–Crippen MR) is 110 cm³/mol. The number of carbonyl (C=O) groups is 1. The highest BCUT2D eigenvalue weighted by molar-refractivity contribution is 6.14. The Balaban J connectivity index is 1.91. The second-order valence-electron chi connectivity index (χ2n) is 7.02. The summed E-state index contributed by atoms with van der Waals surface area (Å²) >= 11 is 0. The number of aryl methyl sites for hydroxylation is 3. The molecule has 0 saturated carbocycles. The van der Waals surface area contributed by atoms with Crippen LogP contribution in [-0.4, -0.2) is 27.7 Å². The van der Waals surface area contributed by atoms with Crippen molar-refractivity contribution < 1.29 is 9.21 Å². The molecule has 0 spiro atoms. The number of carbonyl (C=O) groups excluding carboxylic acids is 1. The highest BCUT2D eigenvalue weighted by Crippen LogP contribution is 2.30. The van der Waals surface area contributed by atoms with Gasteiger partial charge in [-0.3, -0.25) is 9.48 Å². The third-order valence-corrected chi connectivity index (χ3v) is 5.21. The molecule has 0 bridgehead atoms. The lowest BCUT2D eigenvalue weighted by atomic mass is 10.0. The molecular formula is C22H22N4O2. The van der Waals surface area contributed by atoms with Gasteiger partial charge in [-0.2, -0.15) is 5.10 Å². The topological polar surface area (TPSA) is 64.2 Å². The van der Waals surface area contributed by atoms with Crippen LogP contribution in [0.5, 0.6) is 0 Å². The number of pyridine rings is 1. The second-order valence-corrected chi connectivity index (χ2v) is 7.02. The lowest BCUT2D eigenvalue weighted by Crippen LogP contribution is -2.27. The molecule has 3 aromatic heterocycles. The third-order valence-electron chi connectivity index (χ3n) is 5.21. The van der Waals surface area contributed by atoms with Crippen LogP contribution in [-0.2, 0) is 7.05 Å². The predicted octanol–water partition coefficient (Wildman–Crippen LogP) is 4.43. The smallest absolute Gasteiger partial charge is 0.258 e. The molecule has 4 aromatic rings. The lowest BCUT2D eigenvalue weighted by Gasteiger charge is -2.21. The molecule has 6 heteroatoms. The van der Waals surface area contributed by atoms with Crippen molar-refractivity contribution in [2.45, 2.75) is 20.8 Å². The molecule has 0 fully saturated rings. The van der Waals surface area contributed by atoms with Crippen molar-refractivity contribution in [3.05, 3.63) is 65.0 Å². The van der Waals surface area contributed by atoms with E-state index >= 15 is 0 Å². The van der Waals surface area contributed by atoms with Crippen molar-refractivity contribution in [3.8, 4) is 11.5 Å². The van der Waals surface area contributed by atoms with Gasteiger partial charge in [-0.15, -0.1) is 0 Å². The SMILES string of the molecule is Cc1cccc(N(C)C(=O)c2cc(-c3ccco3)nc3c2c(C)nn3C)c1C. The average molecular weight is 374 g/mol.